The summed E-state index contributed by atoms with van der Waals surface area (Å²) in [5, 5.41) is 11.7. The van der Waals surface area contributed by atoms with Crippen molar-refractivity contribution in [3.8, 4) is 0 Å². The van der Waals surface area contributed by atoms with Crippen LogP contribution in [0.25, 0.3) is 10.9 Å². The van der Waals surface area contributed by atoms with Crippen LogP contribution in [0.5, 0.6) is 0 Å². The second-order valence-electron chi connectivity index (χ2n) is 4.67. The van der Waals surface area contributed by atoms with Gasteiger partial charge in [-0.3, -0.25) is 0 Å². The van der Waals surface area contributed by atoms with Crippen LogP contribution in [0.3, 0.4) is 0 Å². The zero-order valence-electron chi connectivity index (χ0n) is 10.5. The molecular formula is C16H14BrNO. The van der Waals surface area contributed by atoms with E-state index in [1.807, 2.05) is 42.6 Å². The Morgan fingerprint density at radius 1 is 1.05 bits per heavy atom. The zero-order chi connectivity index (χ0) is 13.4. The molecule has 0 aliphatic rings. The van der Waals surface area contributed by atoms with Crippen LogP contribution in [-0.2, 0) is 0 Å². The maximum Gasteiger partial charge on any atom is 0.107 e. The number of hydrogen-bond donors (Lipinski definition) is 2. The topological polar surface area (TPSA) is 36.0 Å². The molecule has 1 heterocycles. The van der Waals surface area contributed by atoms with E-state index in [-0.39, 0.29) is 0 Å². The van der Waals surface area contributed by atoms with Crippen molar-refractivity contribution < 1.29 is 5.11 Å². The molecule has 0 radical (unpaired) electrons. The summed E-state index contributed by atoms with van der Waals surface area (Å²) >= 11 is 3.49. The van der Waals surface area contributed by atoms with E-state index in [1.54, 1.807) is 0 Å². The molecule has 0 amide bonds. The summed E-state index contributed by atoms with van der Waals surface area (Å²) in [5.74, 6) is 0. The molecule has 3 heteroatoms. The van der Waals surface area contributed by atoms with Gasteiger partial charge in [-0.05, 0) is 24.1 Å². The summed E-state index contributed by atoms with van der Waals surface area (Å²) in [6, 6.07) is 13.9. The van der Waals surface area contributed by atoms with Gasteiger partial charge in [0, 0.05) is 27.1 Å². The molecule has 0 aliphatic heterocycles. The van der Waals surface area contributed by atoms with Gasteiger partial charge in [0.2, 0.25) is 0 Å². The first kappa shape index (κ1) is 12.5. The molecule has 2 aromatic carbocycles. The van der Waals surface area contributed by atoms with E-state index >= 15 is 0 Å². The fraction of sp³-hybridized carbons (Fsp3) is 0.125. The van der Waals surface area contributed by atoms with Crippen LogP contribution in [0.4, 0.5) is 0 Å². The molecule has 1 aromatic heterocycles. The number of aromatic amines is 1. The number of aliphatic hydroxyl groups is 1. The first-order chi connectivity index (χ1) is 9.18. The number of benzene rings is 2. The molecule has 0 bridgehead atoms. The highest BCUT2D eigenvalue weighted by Gasteiger charge is 2.17. The van der Waals surface area contributed by atoms with Crippen LogP contribution >= 0.6 is 15.9 Å². The van der Waals surface area contributed by atoms with E-state index in [0.29, 0.717) is 0 Å². The minimum Gasteiger partial charge on any atom is -0.384 e. The normalized spacial score (nSPS) is 12.8. The van der Waals surface area contributed by atoms with Crippen molar-refractivity contribution in [2.24, 2.45) is 0 Å². The molecule has 0 fully saturated rings. The third-order valence-electron chi connectivity index (χ3n) is 3.45. The lowest BCUT2D eigenvalue weighted by Gasteiger charge is -2.12. The van der Waals surface area contributed by atoms with E-state index in [9.17, 15) is 5.11 Å². The van der Waals surface area contributed by atoms with Gasteiger partial charge in [0.25, 0.3) is 0 Å². The number of aliphatic hydroxyl groups excluding tert-OH is 1. The van der Waals surface area contributed by atoms with Crippen molar-refractivity contribution >= 4 is 26.8 Å². The van der Waals surface area contributed by atoms with Crippen molar-refractivity contribution in [1.29, 1.82) is 0 Å². The van der Waals surface area contributed by atoms with Crippen LogP contribution < -0.4 is 0 Å². The lowest BCUT2D eigenvalue weighted by atomic mass is 10.0. The lowest BCUT2D eigenvalue weighted by molar-refractivity contribution is 0.221. The minimum absolute atomic E-state index is 0.633. The third kappa shape index (κ3) is 2.09. The number of nitrogens with one attached hydrogen (secondary N) is 1. The van der Waals surface area contributed by atoms with Gasteiger partial charge in [-0.25, -0.2) is 0 Å². The van der Waals surface area contributed by atoms with Crippen molar-refractivity contribution in [1.82, 2.24) is 4.98 Å². The monoisotopic (exact) mass is 315 g/mol. The molecule has 1 atom stereocenters. The Kier molecular flexibility index (Phi) is 3.17. The SMILES string of the molecule is Cc1cccc2c(C(O)c3ccccc3Br)c[nH]c12. The van der Waals surface area contributed by atoms with Crippen LogP contribution in [0.1, 0.15) is 22.8 Å². The van der Waals surface area contributed by atoms with Crippen molar-refractivity contribution in [2.45, 2.75) is 13.0 Å². The van der Waals surface area contributed by atoms with Crippen LogP contribution in [-0.4, -0.2) is 10.1 Å². The van der Waals surface area contributed by atoms with E-state index in [4.69, 9.17) is 0 Å². The fourth-order valence-electron chi connectivity index (χ4n) is 2.42. The number of halogens is 1. The Bertz CT molecular complexity index is 732. The number of fused-ring (bicyclic) bond motifs is 1. The molecule has 0 spiro atoms. The molecule has 3 aromatic rings. The average molecular weight is 316 g/mol. The molecular weight excluding hydrogens is 302 g/mol. The standard InChI is InChI=1S/C16H14BrNO/c1-10-5-4-7-11-13(9-18-15(10)11)16(19)12-6-2-3-8-14(12)17/h2-9,16,18-19H,1H3. The van der Waals surface area contributed by atoms with Gasteiger partial charge < -0.3 is 10.1 Å². The van der Waals surface area contributed by atoms with Gasteiger partial charge in [-0.1, -0.05) is 52.3 Å². The first-order valence-corrected chi connectivity index (χ1v) is 6.97. The van der Waals surface area contributed by atoms with Crippen molar-refractivity contribution in [3.63, 3.8) is 0 Å². The largest absolute Gasteiger partial charge is 0.384 e. The number of rotatable bonds is 2. The summed E-state index contributed by atoms with van der Waals surface area (Å²) in [6.07, 6.45) is 1.26. The number of para-hydroxylation sites is 1. The molecule has 19 heavy (non-hydrogen) atoms. The molecule has 2 nitrogen and oxygen atoms in total. The number of aryl methyl sites for hydroxylation is 1. The third-order valence-corrected chi connectivity index (χ3v) is 4.17. The second-order valence-corrected chi connectivity index (χ2v) is 5.52. The van der Waals surface area contributed by atoms with Gasteiger partial charge >= 0.3 is 0 Å². The lowest BCUT2D eigenvalue weighted by Crippen LogP contribution is -1.99. The second kappa shape index (κ2) is 4.83. The summed E-state index contributed by atoms with van der Waals surface area (Å²) in [5.41, 5.74) is 4.06. The maximum atomic E-state index is 10.6. The Labute approximate surface area is 120 Å². The van der Waals surface area contributed by atoms with Gasteiger partial charge in [0.05, 0.1) is 0 Å². The zero-order valence-corrected chi connectivity index (χ0v) is 12.1. The highest BCUT2D eigenvalue weighted by molar-refractivity contribution is 9.10. The summed E-state index contributed by atoms with van der Waals surface area (Å²) in [4.78, 5) is 3.25. The van der Waals surface area contributed by atoms with Crippen LogP contribution in [0.15, 0.2) is 53.1 Å². The molecule has 2 N–H and O–H groups in total. The Morgan fingerprint density at radius 3 is 2.63 bits per heavy atom. The first-order valence-electron chi connectivity index (χ1n) is 6.17. The smallest absolute Gasteiger partial charge is 0.107 e. The van der Waals surface area contributed by atoms with E-state index in [0.717, 1.165) is 26.5 Å². The van der Waals surface area contributed by atoms with E-state index in [2.05, 4.69) is 33.9 Å². The Balaban J connectivity index is 2.15. The predicted octanol–water partition coefficient (Wildman–Crippen LogP) is 4.32. The molecule has 0 saturated heterocycles. The highest BCUT2D eigenvalue weighted by atomic mass is 79.9. The Hall–Kier alpha value is -1.58. The minimum atomic E-state index is -0.633. The molecule has 0 aliphatic carbocycles. The van der Waals surface area contributed by atoms with Crippen LogP contribution in [0.2, 0.25) is 0 Å². The van der Waals surface area contributed by atoms with E-state index in [1.165, 1.54) is 5.56 Å². The molecule has 1 unspecified atom stereocenters. The maximum absolute atomic E-state index is 10.6. The van der Waals surface area contributed by atoms with Gasteiger partial charge in [0.15, 0.2) is 0 Å². The van der Waals surface area contributed by atoms with Crippen LogP contribution in [0, 0.1) is 6.92 Å². The fourth-order valence-corrected chi connectivity index (χ4v) is 2.92. The molecule has 96 valence electrons. The van der Waals surface area contributed by atoms with Gasteiger partial charge in [-0.2, -0.15) is 0 Å². The Morgan fingerprint density at radius 2 is 1.84 bits per heavy atom. The van der Waals surface area contributed by atoms with Gasteiger partial charge in [-0.15, -0.1) is 0 Å². The predicted molar refractivity (Wildman–Crippen MR) is 81.2 cm³/mol. The molecule has 0 saturated carbocycles. The molecule has 3 rings (SSSR count). The summed E-state index contributed by atoms with van der Waals surface area (Å²) < 4.78 is 0.921. The highest BCUT2D eigenvalue weighted by Crippen LogP contribution is 2.33. The number of aromatic nitrogens is 1. The number of H-pyrrole nitrogens is 1. The number of hydrogen-bond acceptors (Lipinski definition) is 1. The average Bonchev–Trinajstić information content (AvgIpc) is 2.84. The summed E-state index contributed by atoms with van der Waals surface area (Å²) in [7, 11) is 0. The quantitative estimate of drug-likeness (QED) is 0.726. The van der Waals surface area contributed by atoms with Crippen molar-refractivity contribution in [2.75, 3.05) is 0 Å². The van der Waals surface area contributed by atoms with Gasteiger partial charge in [0.1, 0.15) is 6.10 Å². The van der Waals surface area contributed by atoms with E-state index < -0.39 is 6.10 Å². The summed E-state index contributed by atoms with van der Waals surface area (Å²) in [6.45, 7) is 2.06. The van der Waals surface area contributed by atoms with Crippen molar-refractivity contribution in [3.05, 3.63) is 69.8 Å².